The van der Waals surface area contributed by atoms with Gasteiger partial charge in [0.1, 0.15) is 18.1 Å². The molecule has 6 nitrogen and oxygen atoms in total. The predicted octanol–water partition coefficient (Wildman–Crippen LogP) is 2.26. The number of rotatable bonds is 7. The van der Waals surface area contributed by atoms with Gasteiger partial charge < -0.3 is 9.64 Å². The predicted molar refractivity (Wildman–Crippen MR) is 85.8 cm³/mol. The molecule has 1 fully saturated rings. The third-order valence-corrected chi connectivity index (χ3v) is 3.95. The van der Waals surface area contributed by atoms with Crippen molar-refractivity contribution < 1.29 is 9.53 Å². The van der Waals surface area contributed by atoms with Crippen LogP contribution in [0.25, 0.3) is 0 Å². The van der Waals surface area contributed by atoms with Gasteiger partial charge >= 0.3 is 0 Å². The Hall–Kier alpha value is -2.37. The molecule has 0 atom stereocenters. The highest BCUT2D eigenvalue weighted by Crippen LogP contribution is 2.11. The highest BCUT2D eigenvalue weighted by molar-refractivity contribution is 5.76. The number of aryl methyl sites for hydroxylation is 1. The standard InChI is InChI=1S/C17H22N4O2/c22-17(20-10-4-5-11-20)9-6-12-21-13-15(18-19-21)14-23-16-7-2-1-3-8-16/h1-3,7-8,13H,4-6,9-12,14H2. The van der Waals surface area contributed by atoms with Crippen LogP contribution in [0.1, 0.15) is 31.4 Å². The first-order valence-electron chi connectivity index (χ1n) is 8.16. The molecule has 122 valence electrons. The monoisotopic (exact) mass is 314 g/mol. The largest absolute Gasteiger partial charge is 0.487 e. The Morgan fingerprint density at radius 2 is 1.96 bits per heavy atom. The molecule has 0 N–H and O–H groups in total. The van der Waals surface area contributed by atoms with E-state index in [1.807, 2.05) is 41.4 Å². The molecule has 1 aromatic heterocycles. The minimum absolute atomic E-state index is 0.259. The van der Waals surface area contributed by atoms with E-state index in [4.69, 9.17) is 4.74 Å². The second kappa shape index (κ2) is 7.76. The molecule has 2 heterocycles. The number of likely N-dealkylation sites (tertiary alicyclic amines) is 1. The number of benzene rings is 1. The molecule has 1 aliphatic heterocycles. The highest BCUT2D eigenvalue weighted by atomic mass is 16.5. The average Bonchev–Trinajstić information content (AvgIpc) is 3.26. The van der Waals surface area contributed by atoms with Crippen molar-refractivity contribution in [3.05, 3.63) is 42.2 Å². The van der Waals surface area contributed by atoms with E-state index < -0.39 is 0 Å². The van der Waals surface area contributed by atoms with E-state index in [1.165, 1.54) is 0 Å². The Labute approximate surface area is 136 Å². The fourth-order valence-electron chi connectivity index (χ4n) is 2.70. The van der Waals surface area contributed by atoms with Gasteiger partial charge in [0, 0.05) is 26.1 Å². The van der Waals surface area contributed by atoms with E-state index in [0.717, 1.165) is 43.8 Å². The maximum absolute atomic E-state index is 12.0. The van der Waals surface area contributed by atoms with Gasteiger partial charge in [-0.15, -0.1) is 5.10 Å². The molecule has 0 bridgehead atoms. The number of hydrogen-bond donors (Lipinski definition) is 0. The van der Waals surface area contributed by atoms with E-state index in [0.29, 0.717) is 19.6 Å². The van der Waals surface area contributed by atoms with Gasteiger partial charge in [-0.1, -0.05) is 23.4 Å². The van der Waals surface area contributed by atoms with Crippen LogP contribution < -0.4 is 4.74 Å². The molecule has 6 heteroatoms. The van der Waals surface area contributed by atoms with Crippen molar-refractivity contribution in [1.82, 2.24) is 19.9 Å². The minimum atomic E-state index is 0.259. The molecule has 0 saturated carbocycles. The van der Waals surface area contributed by atoms with Gasteiger partial charge in [0.2, 0.25) is 5.91 Å². The summed E-state index contributed by atoms with van der Waals surface area (Å²) in [4.78, 5) is 13.9. The van der Waals surface area contributed by atoms with Gasteiger partial charge in [-0.2, -0.15) is 0 Å². The molecule has 0 aliphatic carbocycles. The van der Waals surface area contributed by atoms with Crippen LogP contribution in [0.2, 0.25) is 0 Å². The van der Waals surface area contributed by atoms with Crippen LogP contribution in [0.3, 0.4) is 0 Å². The van der Waals surface area contributed by atoms with Crippen molar-refractivity contribution in [3.8, 4) is 5.75 Å². The van der Waals surface area contributed by atoms with Crippen molar-refractivity contribution in [2.24, 2.45) is 0 Å². The number of para-hydroxylation sites is 1. The molecular weight excluding hydrogens is 292 g/mol. The third kappa shape index (κ3) is 4.55. The molecule has 1 aliphatic rings. The number of nitrogens with zero attached hydrogens (tertiary/aromatic N) is 4. The number of amides is 1. The molecule has 2 aromatic rings. The number of ether oxygens (including phenoxy) is 1. The van der Waals surface area contributed by atoms with Gasteiger partial charge in [0.25, 0.3) is 0 Å². The molecular formula is C17H22N4O2. The lowest BCUT2D eigenvalue weighted by Crippen LogP contribution is -2.27. The first-order valence-corrected chi connectivity index (χ1v) is 8.16. The van der Waals surface area contributed by atoms with E-state index in [2.05, 4.69) is 10.3 Å². The molecule has 3 rings (SSSR count). The van der Waals surface area contributed by atoms with Gasteiger partial charge in [-0.3, -0.25) is 9.48 Å². The van der Waals surface area contributed by atoms with Gasteiger partial charge in [-0.25, -0.2) is 0 Å². The lowest BCUT2D eigenvalue weighted by Gasteiger charge is -2.14. The molecule has 0 unspecified atom stereocenters. The zero-order valence-corrected chi connectivity index (χ0v) is 13.2. The summed E-state index contributed by atoms with van der Waals surface area (Å²) in [5.41, 5.74) is 0.791. The van der Waals surface area contributed by atoms with Crippen LogP contribution in [-0.4, -0.2) is 38.9 Å². The first kappa shape index (κ1) is 15.5. The zero-order chi connectivity index (χ0) is 15.9. The quantitative estimate of drug-likeness (QED) is 0.786. The summed E-state index contributed by atoms with van der Waals surface area (Å²) in [5, 5.41) is 8.18. The summed E-state index contributed by atoms with van der Waals surface area (Å²) in [6, 6.07) is 9.64. The molecule has 0 spiro atoms. The number of carbonyl (C=O) groups excluding carboxylic acids is 1. The first-order chi connectivity index (χ1) is 11.3. The smallest absolute Gasteiger partial charge is 0.222 e. The minimum Gasteiger partial charge on any atom is -0.487 e. The SMILES string of the molecule is O=C(CCCn1cc(COc2ccccc2)nn1)N1CCCC1. The molecule has 23 heavy (non-hydrogen) atoms. The lowest BCUT2D eigenvalue weighted by atomic mass is 10.3. The van der Waals surface area contributed by atoms with Crippen LogP contribution in [0.5, 0.6) is 5.75 Å². The third-order valence-electron chi connectivity index (χ3n) is 3.95. The summed E-state index contributed by atoms with van der Waals surface area (Å²) in [5.74, 6) is 1.08. The van der Waals surface area contributed by atoms with Crippen LogP contribution >= 0.6 is 0 Å². The summed E-state index contributed by atoms with van der Waals surface area (Å²) < 4.78 is 7.42. The van der Waals surface area contributed by atoms with Crippen molar-refractivity contribution in [3.63, 3.8) is 0 Å². The van der Waals surface area contributed by atoms with E-state index in [1.54, 1.807) is 4.68 Å². The molecule has 1 amide bonds. The molecule has 1 saturated heterocycles. The lowest BCUT2D eigenvalue weighted by molar-refractivity contribution is -0.130. The maximum atomic E-state index is 12.0. The second-order valence-electron chi connectivity index (χ2n) is 5.77. The summed E-state index contributed by atoms with van der Waals surface area (Å²) in [7, 11) is 0. The number of carbonyl (C=O) groups is 1. The zero-order valence-electron chi connectivity index (χ0n) is 13.2. The van der Waals surface area contributed by atoms with Gasteiger partial charge in [0.15, 0.2) is 0 Å². The van der Waals surface area contributed by atoms with Crippen LogP contribution in [0.4, 0.5) is 0 Å². The van der Waals surface area contributed by atoms with E-state index in [-0.39, 0.29) is 5.91 Å². The fourth-order valence-corrected chi connectivity index (χ4v) is 2.70. The van der Waals surface area contributed by atoms with Crippen molar-refractivity contribution in [2.45, 2.75) is 38.8 Å². The Morgan fingerprint density at radius 3 is 2.74 bits per heavy atom. The van der Waals surface area contributed by atoms with Crippen LogP contribution in [0, 0.1) is 0 Å². The number of hydrogen-bond acceptors (Lipinski definition) is 4. The van der Waals surface area contributed by atoms with Crippen molar-refractivity contribution in [1.29, 1.82) is 0 Å². The molecule has 1 aromatic carbocycles. The van der Waals surface area contributed by atoms with Crippen LogP contribution in [-0.2, 0) is 17.9 Å². The van der Waals surface area contributed by atoms with Crippen molar-refractivity contribution in [2.75, 3.05) is 13.1 Å². The van der Waals surface area contributed by atoms with E-state index >= 15 is 0 Å². The van der Waals surface area contributed by atoms with Crippen molar-refractivity contribution >= 4 is 5.91 Å². The Bertz CT molecular complexity index is 621. The average molecular weight is 314 g/mol. The maximum Gasteiger partial charge on any atom is 0.222 e. The second-order valence-corrected chi connectivity index (χ2v) is 5.77. The number of aromatic nitrogens is 3. The Kier molecular flexibility index (Phi) is 5.24. The summed E-state index contributed by atoms with van der Waals surface area (Å²) in [6.07, 6.45) is 5.52. The molecule has 0 radical (unpaired) electrons. The topological polar surface area (TPSA) is 60.3 Å². The van der Waals surface area contributed by atoms with E-state index in [9.17, 15) is 4.79 Å². The normalized spacial score (nSPS) is 14.2. The fraction of sp³-hybridized carbons (Fsp3) is 0.471. The Morgan fingerprint density at radius 1 is 1.17 bits per heavy atom. The van der Waals surface area contributed by atoms with Crippen LogP contribution in [0.15, 0.2) is 36.5 Å². The summed E-state index contributed by atoms with van der Waals surface area (Å²) >= 11 is 0. The van der Waals surface area contributed by atoms with Gasteiger partial charge in [-0.05, 0) is 31.4 Å². The van der Waals surface area contributed by atoms with Gasteiger partial charge in [0.05, 0.1) is 6.20 Å². The Balaban J connectivity index is 1.39. The summed E-state index contributed by atoms with van der Waals surface area (Å²) in [6.45, 7) is 2.95. The highest BCUT2D eigenvalue weighted by Gasteiger charge is 2.17.